The van der Waals surface area contributed by atoms with Crippen molar-refractivity contribution in [2.24, 2.45) is 5.92 Å². The summed E-state index contributed by atoms with van der Waals surface area (Å²) in [5, 5.41) is 3.09. The third-order valence-electron chi connectivity index (χ3n) is 4.19. The van der Waals surface area contributed by atoms with Gasteiger partial charge in [-0.1, -0.05) is 31.2 Å². The van der Waals surface area contributed by atoms with E-state index in [1.165, 1.54) is 5.56 Å². The Kier molecular flexibility index (Phi) is 5.41. The van der Waals surface area contributed by atoms with Crippen molar-refractivity contribution in [3.8, 4) is 0 Å². The van der Waals surface area contributed by atoms with Gasteiger partial charge < -0.3 is 5.32 Å². The molecule has 4 nitrogen and oxygen atoms in total. The number of nitrogens with zero attached hydrogens (tertiary/aromatic N) is 1. The van der Waals surface area contributed by atoms with Crippen LogP contribution in [0.2, 0.25) is 0 Å². The minimum absolute atomic E-state index is 0.103. The molecule has 21 heavy (non-hydrogen) atoms. The highest BCUT2D eigenvalue weighted by atomic mass is 32.2. The molecule has 0 aromatic heterocycles. The van der Waals surface area contributed by atoms with E-state index in [1.807, 2.05) is 38.2 Å². The molecule has 1 aliphatic rings. The zero-order valence-corrected chi connectivity index (χ0v) is 14.0. The second kappa shape index (κ2) is 6.90. The van der Waals surface area contributed by atoms with Crippen molar-refractivity contribution in [1.82, 2.24) is 9.62 Å². The quantitative estimate of drug-likeness (QED) is 0.908. The van der Waals surface area contributed by atoms with E-state index >= 15 is 0 Å². The fourth-order valence-corrected chi connectivity index (χ4v) is 4.85. The molecule has 1 aromatic rings. The van der Waals surface area contributed by atoms with Crippen molar-refractivity contribution in [3.05, 3.63) is 35.4 Å². The fraction of sp³-hybridized carbons (Fsp3) is 0.625. The maximum absolute atomic E-state index is 12.6. The minimum Gasteiger partial charge on any atom is -0.316 e. The van der Waals surface area contributed by atoms with Gasteiger partial charge >= 0.3 is 0 Å². The smallest absolute Gasteiger partial charge is 0.218 e. The van der Waals surface area contributed by atoms with Gasteiger partial charge in [-0.15, -0.1) is 0 Å². The first-order valence-corrected chi connectivity index (χ1v) is 9.25. The lowest BCUT2D eigenvalue weighted by Gasteiger charge is -2.35. The molecule has 0 bridgehead atoms. The number of nitrogens with one attached hydrogen (secondary N) is 1. The molecule has 1 saturated heterocycles. The molecule has 1 fully saturated rings. The van der Waals surface area contributed by atoms with E-state index < -0.39 is 10.0 Å². The van der Waals surface area contributed by atoms with Gasteiger partial charge in [0.25, 0.3) is 0 Å². The van der Waals surface area contributed by atoms with Gasteiger partial charge in [-0.3, -0.25) is 0 Å². The summed E-state index contributed by atoms with van der Waals surface area (Å²) in [5.74, 6) is 0.721. The van der Waals surface area contributed by atoms with Crippen molar-refractivity contribution in [3.63, 3.8) is 0 Å². The number of piperidine rings is 1. The highest BCUT2D eigenvalue weighted by Gasteiger charge is 2.31. The molecule has 0 spiro atoms. The first kappa shape index (κ1) is 16.5. The van der Waals surface area contributed by atoms with Gasteiger partial charge in [0.05, 0.1) is 5.75 Å². The number of sulfonamides is 1. The Morgan fingerprint density at radius 1 is 1.19 bits per heavy atom. The third-order valence-corrected chi connectivity index (χ3v) is 6.14. The summed E-state index contributed by atoms with van der Waals surface area (Å²) in [6.45, 7) is 5.67. The number of benzene rings is 1. The first-order chi connectivity index (χ1) is 9.92. The van der Waals surface area contributed by atoms with Gasteiger partial charge in [0, 0.05) is 19.1 Å². The van der Waals surface area contributed by atoms with E-state index in [1.54, 1.807) is 4.31 Å². The fourth-order valence-electron chi connectivity index (χ4n) is 3.05. The van der Waals surface area contributed by atoms with Crippen LogP contribution in [0.25, 0.3) is 0 Å². The summed E-state index contributed by atoms with van der Waals surface area (Å²) in [5.41, 5.74) is 2.03. The van der Waals surface area contributed by atoms with Crippen molar-refractivity contribution >= 4 is 10.0 Å². The van der Waals surface area contributed by atoms with Crippen LogP contribution in [0.1, 0.15) is 37.8 Å². The van der Waals surface area contributed by atoms with Crippen LogP contribution < -0.4 is 5.32 Å². The van der Waals surface area contributed by atoms with E-state index in [4.69, 9.17) is 0 Å². The first-order valence-electron chi connectivity index (χ1n) is 7.64. The van der Waals surface area contributed by atoms with Gasteiger partial charge in [-0.25, -0.2) is 8.42 Å². The van der Waals surface area contributed by atoms with Crippen molar-refractivity contribution in [2.45, 2.75) is 45.0 Å². The van der Waals surface area contributed by atoms with Crippen LogP contribution in [0.5, 0.6) is 0 Å². The lowest BCUT2D eigenvalue weighted by molar-refractivity contribution is 0.220. The van der Waals surface area contributed by atoms with Gasteiger partial charge in [-0.05, 0) is 43.9 Å². The molecule has 2 rings (SSSR count). The van der Waals surface area contributed by atoms with Crippen LogP contribution >= 0.6 is 0 Å². The molecular formula is C16H26N2O2S. The summed E-state index contributed by atoms with van der Waals surface area (Å²) in [6, 6.07) is 7.93. The summed E-state index contributed by atoms with van der Waals surface area (Å²) in [6.07, 6.45) is 1.92. The molecule has 5 heteroatoms. The summed E-state index contributed by atoms with van der Waals surface area (Å²) >= 11 is 0. The predicted molar refractivity (Wildman–Crippen MR) is 86.4 cm³/mol. The van der Waals surface area contributed by atoms with Crippen LogP contribution in [0.4, 0.5) is 0 Å². The van der Waals surface area contributed by atoms with Crippen molar-refractivity contribution in [2.75, 3.05) is 13.6 Å². The summed E-state index contributed by atoms with van der Waals surface area (Å²) < 4.78 is 26.9. The average molecular weight is 310 g/mol. The van der Waals surface area contributed by atoms with E-state index in [0.717, 1.165) is 24.9 Å². The topological polar surface area (TPSA) is 49.4 Å². The Morgan fingerprint density at radius 2 is 1.81 bits per heavy atom. The van der Waals surface area contributed by atoms with Crippen LogP contribution in [-0.4, -0.2) is 32.4 Å². The Bertz CT molecular complexity index is 554. The second-order valence-corrected chi connectivity index (χ2v) is 8.11. The van der Waals surface area contributed by atoms with Crippen molar-refractivity contribution in [1.29, 1.82) is 0 Å². The Labute approximate surface area is 128 Å². The molecule has 2 atom stereocenters. The largest absolute Gasteiger partial charge is 0.316 e. The molecule has 0 radical (unpaired) electrons. The van der Waals surface area contributed by atoms with Crippen molar-refractivity contribution < 1.29 is 8.42 Å². The molecule has 0 aliphatic carbocycles. The maximum atomic E-state index is 12.6. The maximum Gasteiger partial charge on any atom is 0.218 e. The van der Waals surface area contributed by atoms with Crippen LogP contribution in [0.3, 0.4) is 0 Å². The molecule has 1 aromatic carbocycles. The Balaban J connectivity index is 2.06. The van der Waals surface area contributed by atoms with Gasteiger partial charge in [0.15, 0.2) is 0 Å². The van der Waals surface area contributed by atoms with Gasteiger partial charge in [0.1, 0.15) is 0 Å². The van der Waals surface area contributed by atoms with Crippen LogP contribution in [0.15, 0.2) is 24.3 Å². The second-order valence-electron chi connectivity index (χ2n) is 6.19. The van der Waals surface area contributed by atoms with Crippen LogP contribution in [0, 0.1) is 5.92 Å². The molecule has 1 aliphatic heterocycles. The van der Waals surface area contributed by atoms with Gasteiger partial charge in [-0.2, -0.15) is 4.31 Å². The normalized spacial score (nSPS) is 24.1. The third kappa shape index (κ3) is 4.28. The predicted octanol–water partition coefficient (Wildman–Crippen LogP) is 2.36. The highest BCUT2D eigenvalue weighted by Crippen LogP contribution is 2.26. The van der Waals surface area contributed by atoms with E-state index in [2.05, 4.69) is 12.2 Å². The van der Waals surface area contributed by atoms with Crippen LogP contribution in [-0.2, 0) is 22.3 Å². The number of hydrogen-bond donors (Lipinski definition) is 1. The lowest BCUT2D eigenvalue weighted by atomic mass is 9.95. The lowest BCUT2D eigenvalue weighted by Crippen LogP contribution is -2.44. The molecule has 0 saturated carbocycles. The molecule has 1 heterocycles. The summed E-state index contributed by atoms with van der Waals surface area (Å²) in [7, 11) is -1.32. The SMILES string of the molecule is CNCc1ccc(CS(=O)(=O)N2CCC(C)CC2C)cc1. The zero-order valence-electron chi connectivity index (χ0n) is 13.2. The molecule has 0 amide bonds. The molecule has 118 valence electrons. The monoisotopic (exact) mass is 310 g/mol. The molecule has 2 unspecified atom stereocenters. The number of hydrogen-bond acceptors (Lipinski definition) is 3. The summed E-state index contributed by atoms with van der Waals surface area (Å²) in [4.78, 5) is 0. The standard InChI is InChI=1S/C16H26N2O2S/c1-13-8-9-18(14(2)10-13)21(19,20)12-16-6-4-15(5-7-16)11-17-3/h4-7,13-14,17H,8-12H2,1-3H3. The molecule has 1 N–H and O–H groups in total. The van der Waals surface area contributed by atoms with Gasteiger partial charge in [0.2, 0.25) is 10.0 Å². The van der Waals surface area contributed by atoms with E-state index in [0.29, 0.717) is 12.5 Å². The van der Waals surface area contributed by atoms with E-state index in [9.17, 15) is 8.42 Å². The Morgan fingerprint density at radius 3 is 2.38 bits per heavy atom. The van der Waals surface area contributed by atoms with E-state index in [-0.39, 0.29) is 11.8 Å². The molecular weight excluding hydrogens is 284 g/mol. The average Bonchev–Trinajstić information content (AvgIpc) is 2.40. The zero-order chi connectivity index (χ0) is 15.5. The minimum atomic E-state index is -3.22. The number of rotatable bonds is 5. The highest BCUT2D eigenvalue weighted by molar-refractivity contribution is 7.88. The Hall–Kier alpha value is -0.910.